The Bertz CT molecular complexity index is 621. The van der Waals surface area contributed by atoms with E-state index in [1.807, 2.05) is 0 Å². The first kappa shape index (κ1) is 17.6. The number of halogens is 1. The highest BCUT2D eigenvalue weighted by molar-refractivity contribution is 9.10. The van der Waals surface area contributed by atoms with Gasteiger partial charge in [0.2, 0.25) is 5.91 Å². The van der Waals surface area contributed by atoms with Crippen LogP contribution >= 0.6 is 15.9 Å². The van der Waals surface area contributed by atoms with Gasteiger partial charge in [-0.2, -0.15) is 0 Å². The molecule has 0 spiro atoms. The third-order valence-corrected chi connectivity index (χ3v) is 4.14. The molecule has 6 nitrogen and oxygen atoms in total. The monoisotopic (exact) mass is 383 g/mol. The highest BCUT2D eigenvalue weighted by Crippen LogP contribution is 2.34. The molecule has 1 aliphatic rings. The fourth-order valence-electron chi connectivity index (χ4n) is 2.32. The van der Waals surface area contributed by atoms with Gasteiger partial charge in [-0.05, 0) is 58.2 Å². The highest BCUT2D eigenvalue weighted by Gasteiger charge is 2.46. The SMILES string of the molecule is CC(C)(C)OC(=O)NC1(C(=O)Nc2cc(Br)ccc2N)CCC1. The number of carbonyl (C=O) groups excluding carboxylic acids is 2. The van der Waals surface area contributed by atoms with Crippen LogP contribution in [0.1, 0.15) is 40.0 Å². The minimum Gasteiger partial charge on any atom is -0.444 e. The van der Waals surface area contributed by atoms with Crippen LogP contribution in [0.25, 0.3) is 0 Å². The fraction of sp³-hybridized carbons (Fsp3) is 0.500. The average Bonchev–Trinajstić information content (AvgIpc) is 2.36. The van der Waals surface area contributed by atoms with Gasteiger partial charge in [0.25, 0.3) is 0 Å². The molecule has 1 fully saturated rings. The number of nitrogens with one attached hydrogen (secondary N) is 2. The van der Waals surface area contributed by atoms with Crippen molar-refractivity contribution in [2.24, 2.45) is 0 Å². The first-order valence-electron chi connectivity index (χ1n) is 7.49. The number of alkyl carbamates (subject to hydrolysis) is 1. The Morgan fingerprint density at radius 1 is 1.30 bits per heavy atom. The number of hydrogen-bond donors (Lipinski definition) is 3. The Hall–Kier alpha value is -1.76. The molecule has 0 aromatic heterocycles. The lowest BCUT2D eigenvalue weighted by atomic mass is 9.76. The van der Waals surface area contributed by atoms with Gasteiger partial charge < -0.3 is 21.1 Å². The van der Waals surface area contributed by atoms with Gasteiger partial charge in [0.1, 0.15) is 11.1 Å². The highest BCUT2D eigenvalue weighted by atomic mass is 79.9. The van der Waals surface area contributed by atoms with Crippen LogP contribution in [0.15, 0.2) is 22.7 Å². The maximum absolute atomic E-state index is 12.6. The van der Waals surface area contributed by atoms with E-state index in [1.54, 1.807) is 39.0 Å². The summed E-state index contributed by atoms with van der Waals surface area (Å²) in [5, 5.41) is 5.51. The number of carbonyl (C=O) groups is 2. The van der Waals surface area contributed by atoms with Gasteiger partial charge >= 0.3 is 6.09 Å². The predicted molar refractivity (Wildman–Crippen MR) is 93.1 cm³/mol. The summed E-state index contributed by atoms with van der Waals surface area (Å²) in [6.45, 7) is 5.34. The fourth-order valence-corrected chi connectivity index (χ4v) is 2.68. The molecular formula is C16H22BrN3O3. The molecule has 4 N–H and O–H groups in total. The summed E-state index contributed by atoms with van der Waals surface area (Å²) in [5.74, 6) is -0.278. The zero-order valence-corrected chi connectivity index (χ0v) is 15.1. The van der Waals surface area contributed by atoms with Crippen molar-refractivity contribution in [3.05, 3.63) is 22.7 Å². The van der Waals surface area contributed by atoms with Gasteiger partial charge in [0.05, 0.1) is 11.4 Å². The molecule has 0 bridgehead atoms. The van der Waals surface area contributed by atoms with E-state index >= 15 is 0 Å². The van der Waals surface area contributed by atoms with Gasteiger partial charge in [-0.1, -0.05) is 15.9 Å². The summed E-state index contributed by atoms with van der Waals surface area (Å²) in [7, 11) is 0. The Morgan fingerprint density at radius 2 is 1.96 bits per heavy atom. The second-order valence-corrected chi connectivity index (χ2v) is 7.66. The molecule has 1 aromatic rings. The molecule has 1 aromatic carbocycles. The Labute approximate surface area is 144 Å². The van der Waals surface area contributed by atoms with E-state index < -0.39 is 17.2 Å². The second-order valence-electron chi connectivity index (χ2n) is 6.75. The maximum atomic E-state index is 12.6. The summed E-state index contributed by atoms with van der Waals surface area (Å²) in [6.07, 6.45) is 1.43. The Balaban J connectivity index is 2.09. The minimum absolute atomic E-state index is 0.278. The lowest BCUT2D eigenvalue weighted by Gasteiger charge is -2.40. The quantitative estimate of drug-likeness (QED) is 0.697. The van der Waals surface area contributed by atoms with Crippen LogP contribution in [0.3, 0.4) is 0 Å². The molecule has 0 aliphatic heterocycles. The normalized spacial score (nSPS) is 16.2. The molecule has 0 unspecified atom stereocenters. The second kappa shape index (κ2) is 6.39. The Morgan fingerprint density at radius 3 is 2.48 bits per heavy atom. The van der Waals surface area contributed by atoms with Crippen molar-refractivity contribution in [1.29, 1.82) is 0 Å². The molecular weight excluding hydrogens is 362 g/mol. The lowest BCUT2D eigenvalue weighted by molar-refractivity contribution is -0.125. The molecule has 23 heavy (non-hydrogen) atoms. The van der Waals surface area contributed by atoms with E-state index in [-0.39, 0.29) is 5.91 Å². The maximum Gasteiger partial charge on any atom is 0.408 e. The van der Waals surface area contributed by atoms with E-state index in [0.717, 1.165) is 10.9 Å². The van der Waals surface area contributed by atoms with Crippen molar-refractivity contribution in [1.82, 2.24) is 5.32 Å². The largest absolute Gasteiger partial charge is 0.444 e. The van der Waals surface area contributed by atoms with Crippen LogP contribution in [-0.2, 0) is 9.53 Å². The van der Waals surface area contributed by atoms with Crippen LogP contribution in [0.4, 0.5) is 16.2 Å². The van der Waals surface area contributed by atoms with Gasteiger partial charge in [-0.3, -0.25) is 4.79 Å². The number of rotatable bonds is 3. The minimum atomic E-state index is -0.933. The average molecular weight is 384 g/mol. The topological polar surface area (TPSA) is 93.4 Å². The summed E-state index contributed by atoms with van der Waals surface area (Å²) >= 11 is 3.34. The smallest absolute Gasteiger partial charge is 0.408 e. The number of anilines is 2. The predicted octanol–water partition coefficient (Wildman–Crippen LogP) is 3.42. The molecule has 1 saturated carbocycles. The molecule has 0 radical (unpaired) electrons. The molecule has 7 heteroatoms. The number of amides is 2. The molecule has 2 amide bonds. The van der Waals surface area contributed by atoms with E-state index in [0.29, 0.717) is 24.2 Å². The van der Waals surface area contributed by atoms with Crippen molar-refractivity contribution in [2.45, 2.75) is 51.2 Å². The van der Waals surface area contributed by atoms with E-state index in [1.165, 1.54) is 0 Å². The van der Waals surface area contributed by atoms with Gasteiger partial charge in [-0.15, -0.1) is 0 Å². The van der Waals surface area contributed by atoms with E-state index in [9.17, 15) is 9.59 Å². The first-order chi connectivity index (χ1) is 10.6. The van der Waals surface area contributed by atoms with Crippen molar-refractivity contribution in [3.8, 4) is 0 Å². The van der Waals surface area contributed by atoms with Crippen molar-refractivity contribution in [3.63, 3.8) is 0 Å². The number of nitrogen functional groups attached to an aromatic ring is 1. The van der Waals surface area contributed by atoms with Crippen LogP contribution in [-0.4, -0.2) is 23.1 Å². The van der Waals surface area contributed by atoms with Crippen molar-refractivity contribution >= 4 is 39.3 Å². The molecule has 2 rings (SSSR count). The van der Waals surface area contributed by atoms with Crippen LogP contribution in [0.2, 0.25) is 0 Å². The number of nitrogens with two attached hydrogens (primary N) is 1. The Kier molecular flexibility index (Phi) is 4.89. The van der Waals surface area contributed by atoms with Gasteiger partial charge in [0, 0.05) is 4.47 Å². The third-order valence-electron chi connectivity index (χ3n) is 3.65. The van der Waals surface area contributed by atoms with Gasteiger partial charge in [0.15, 0.2) is 0 Å². The number of ether oxygens (including phenoxy) is 1. The standard InChI is InChI=1S/C16H22BrN3O3/c1-15(2,3)23-14(22)20-16(7-4-8-16)13(21)19-12-9-10(17)5-6-11(12)18/h5-6,9H,4,7-8,18H2,1-3H3,(H,19,21)(H,20,22). The first-order valence-corrected chi connectivity index (χ1v) is 8.28. The summed E-state index contributed by atoms with van der Waals surface area (Å²) < 4.78 is 6.06. The summed E-state index contributed by atoms with van der Waals surface area (Å²) in [5.41, 5.74) is 5.31. The van der Waals surface area contributed by atoms with Crippen molar-refractivity contribution in [2.75, 3.05) is 11.1 Å². The number of benzene rings is 1. The summed E-state index contributed by atoms with van der Waals surface area (Å²) in [4.78, 5) is 24.6. The van der Waals surface area contributed by atoms with Crippen LogP contribution in [0, 0.1) is 0 Å². The molecule has 0 saturated heterocycles. The molecule has 0 heterocycles. The van der Waals surface area contributed by atoms with Crippen molar-refractivity contribution < 1.29 is 14.3 Å². The molecule has 0 atom stereocenters. The van der Waals surface area contributed by atoms with E-state index in [2.05, 4.69) is 26.6 Å². The summed E-state index contributed by atoms with van der Waals surface area (Å²) in [6, 6.07) is 5.23. The third kappa shape index (κ3) is 4.37. The lowest BCUT2D eigenvalue weighted by Crippen LogP contribution is -2.61. The molecule has 1 aliphatic carbocycles. The van der Waals surface area contributed by atoms with Crippen LogP contribution < -0.4 is 16.4 Å². The van der Waals surface area contributed by atoms with Crippen LogP contribution in [0.5, 0.6) is 0 Å². The molecule has 126 valence electrons. The van der Waals surface area contributed by atoms with Gasteiger partial charge in [-0.25, -0.2) is 4.79 Å². The zero-order chi connectivity index (χ0) is 17.3. The van der Waals surface area contributed by atoms with E-state index in [4.69, 9.17) is 10.5 Å². The zero-order valence-electron chi connectivity index (χ0n) is 13.5. The number of hydrogen-bond acceptors (Lipinski definition) is 4.